The Bertz CT molecular complexity index is 459. The van der Waals surface area contributed by atoms with Gasteiger partial charge in [0.25, 0.3) is 0 Å². The van der Waals surface area contributed by atoms with E-state index in [0.717, 1.165) is 31.5 Å². The van der Waals surface area contributed by atoms with Crippen LogP contribution in [0, 0.1) is 11.7 Å². The van der Waals surface area contributed by atoms with E-state index >= 15 is 0 Å². The fourth-order valence-corrected chi connectivity index (χ4v) is 2.58. The van der Waals surface area contributed by atoms with Gasteiger partial charge in [-0.25, -0.2) is 4.39 Å². The third-order valence-corrected chi connectivity index (χ3v) is 3.89. The van der Waals surface area contributed by atoms with Crippen molar-refractivity contribution in [2.45, 2.75) is 19.4 Å². The minimum absolute atomic E-state index is 0.00997. The average molecular weight is 286 g/mol. The van der Waals surface area contributed by atoms with E-state index in [9.17, 15) is 9.18 Å². The van der Waals surface area contributed by atoms with E-state index in [4.69, 9.17) is 16.3 Å². The molecule has 1 aliphatic rings. The number of halogens is 2. The molecule has 19 heavy (non-hydrogen) atoms. The second-order valence-electron chi connectivity index (χ2n) is 4.81. The van der Waals surface area contributed by atoms with Gasteiger partial charge in [-0.15, -0.1) is 0 Å². The zero-order chi connectivity index (χ0) is 13.8. The Labute approximate surface area is 117 Å². The molecule has 0 unspecified atom stereocenters. The standard InChI is InChI=1S/C14H17ClFNO2/c1-19-14(18)10-4-6-17(7-5-10)9-11-8-12(16)2-3-13(11)15/h2-3,8,10H,4-7,9H2,1H3. The van der Waals surface area contributed by atoms with Crippen molar-refractivity contribution in [3.05, 3.63) is 34.6 Å². The molecule has 0 atom stereocenters. The van der Waals surface area contributed by atoms with Crippen LogP contribution < -0.4 is 0 Å². The summed E-state index contributed by atoms with van der Waals surface area (Å²) >= 11 is 6.05. The van der Waals surface area contributed by atoms with Crippen molar-refractivity contribution in [2.24, 2.45) is 5.92 Å². The summed E-state index contributed by atoms with van der Waals surface area (Å²) in [6.45, 7) is 2.21. The molecule has 0 N–H and O–H groups in total. The Morgan fingerprint density at radius 1 is 1.47 bits per heavy atom. The molecular weight excluding hydrogens is 269 g/mol. The SMILES string of the molecule is COC(=O)C1CCN(Cc2cc(F)ccc2Cl)CC1. The second kappa shape index (κ2) is 6.35. The van der Waals surface area contributed by atoms with Gasteiger partial charge in [0.2, 0.25) is 0 Å². The third kappa shape index (κ3) is 3.67. The zero-order valence-corrected chi connectivity index (χ0v) is 11.6. The number of piperidine rings is 1. The molecule has 0 amide bonds. The molecular formula is C14H17ClFNO2. The van der Waals surface area contributed by atoms with Gasteiger partial charge in [0.15, 0.2) is 0 Å². The molecule has 2 rings (SSSR count). The molecule has 1 heterocycles. The van der Waals surface area contributed by atoms with Crippen LogP contribution in [0.15, 0.2) is 18.2 Å². The normalized spacial score (nSPS) is 17.4. The number of ether oxygens (including phenoxy) is 1. The van der Waals surface area contributed by atoms with Crippen LogP contribution in [0.5, 0.6) is 0 Å². The first-order chi connectivity index (χ1) is 9.10. The zero-order valence-electron chi connectivity index (χ0n) is 10.9. The van der Waals surface area contributed by atoms with E-state index in [-0.39, 0.29) is 17.7 Å². The van der Waals surface area contributed by atoms with Gasteiger partial charge in [-0.2, -0.15) is 0 Å². The predicted molar refractivity (Wildman–Crippen MR) is 71.4 cm³/mol. The minimum atomic E-state index is -0.274. The lowest BCUT2D eigenvalue weighted by atomic mass is 9.96. The van der Waals surface area contributed by atoms with E-state index in [1.807, 2.05) is 0 Å². The average Bonchev–Trinajstić information content (AvgIpc) is 2.43. The number of methoxy groups -OCH3 is 1. The lowest BCUT2D eigenvalue weighted by Crippen LogP contribution is -2.36. The monoisotopic (exact) mass is 285 g/mol. The topological polar surface area (TPSA) is 29.5 Å². The van der Waals surface area contributed by atoms with Gasteiger partial charge in [0.05, 0.1) is 13.0 Å². The number of hydrogen-bond acceptors (Lipinski definition) is 3. The quantitative estimate of drug-likeness (QED) is 0.800. The first kappa shape index (κ1) is 14.3. The maximum atomic E-state index is 13.2. The molecule has 0 saturated carbocycles. The fourth-order valence-electron chi connectivity index (χ4n) is 2.40. The van der Waals surface area contributed by atoms with E-state index in [0.29, 0.717) is 11.6 Å². The molecule has 0 aliphatic carbocycles. The highest BCUT2D eigenvalue weighted by atomic mass is 35.5. The van der Waals surface area contributed by atoms with Crippen molar-refractivity contribution in [2.75, 3.05) is 20.2 Å². The summed E-state index contributed by atoms with van der Waals surface area (Å²) < 4.78 is 17.9. The second-order valence-corrected chi connectivity index (χ2v) is 5.22. The summed E-state index contributed by atoms with van der Waals surface area (Å²) in [7, 11) is 1.42. The summed E-state index contributed by atoms with van der Waals surface area (Å²) in [6.07, 6.45) is 1.55. The van der Waals surface area contributed by atoms with Crippen LogP contribution in [0.1, 0.15) is 18.4 Å². The van der Waals surface area contributed by atoms with Crippen LogP contribution in [0.2, 0.25) is 5.02 Å². The molecule has 1 fully saturated rings. The van der Waals surface area contributed by atoms with Gasteiger partial charge in [-0.05, 0) is 49.7 Å². The van der Waals surface area contributed by atoms with E-state index in [1.54, 1.807) is 6.07 Å². The lowest BCUT2D eigenvalue weighted by Gasteiger charge is -2.30. The smallest absolute Gasteiger partial charge is 0.308 e. The minimum Gasteiger partial charge on any atom is -0.469 e. The summed E-state index contributed by atoms with van der Waals surface area (Å²) in [5.41, 5.74) is 0.790. The van der Waals surface area contributed by atoms with Crippen LogP contribution in [-0.2, 0) is 16.1 Å². The summed E-state index contributed by atoms with van der Waals surface area (Å²) in [5.74, 6) is -0.420. The van der Waals surface area contributed by atoms with Gasteiger partial charge < -0.3 is 4.74 Å². The first-order valence-electron chi connectivity index (χ1n) is 6.34. The van der Waals surface area contributed by atoms with Crippen LogP contribution in [0.4, 0.5) is 4.39 Å². The lowest BCUT2D eigenvalue weighted by molar-refractivity contribution is -0.147. The van der Waals surface area contributed by atoms with Crippen LogP contribution in [0.25, 0.3) is 0 Å². The maximum Gasteiger partial charge on any atom is 0.308 e. The van der Waals surface area contributed by atoms with Crippen LogP contribution in [0.3, 0.4) is 0 Å². The molecule has 0 spiro atoms. The van der Waals surface area contributed by atoms with Crippen molar-refractivity contribution >= 4 is 17.6 Å². The Balaban J connectivity index is 1.92. The molecule has 104 valence electrons. The van der Waals surface area contributed by atoms with Crippen molar-refractivity contribution in [1.29, 1.82) is 0 Å². The predicted octanol–water partition coefficient (Wildman–Crippen LogP) is 2.86. The Hall–Kier alpha value is -1.13. The van der Waals surface area contributed by atoms with Crippen molar-refractivity contribution in [3.8, 4) is 0 Å². The highest BCUT2D eigenvalue weighted by molar-refractivity contribution is 6.31. The Morgan fingerprint density at radius 3 is 2.79 bits per heavy atom. The molecule has 1 aliphatic heterocycles. The molecule has 1 aromatic carbocycles. The molecule has 1 aromatic rings. The molecule has 1 saturated heterocycles. The molecule has 3 nitrogen and oxygen atoms in total. The fraction of sp³-hybridized carbons (Fsp3) is 0.500. The van der Waals surface area contributed by atoms with Gasteiger partial charge in [-0.3, -0.25) is 9.69 Å². The molecule has 0 radical (unpaired) electrons. The van der Waals surface area contributed by atoms with E-state index in [1.165, 1.54) is 19.2 Å². The maximum absolute atomic E-state index is 13.2. The van der Waals surface area contributed by atoms with Crippen molar-refractivity contribution in [3.63, 3.8) is 0 Å². The number of hydrogen-bond donors (Lipinski definition) is 0. The van der Waals surface area contributed by atoms with Crippen LogP contribution in [-0.4, -0.2) is 31.1 Å². The summed E-state index contributed by atoms with van der Waals surface area (Å²) in [4.78, 5) is 13.6. The third-order valence-electron chi connectivity index (χ3n) is 3.52. The van der Waals surface area contributed by atoms with E-state index < -0.39 is 0 Å². The summed E-state index contributed by atoms with van der Waals surface area (Å²) in [5, 5.41) is 0.580. The number of rotatable bonds is 3. The van der Waals surface area contributed by atoms with Gasteiger partial charge >= 0.3 is 5.97 Å². The number of benzene rings is 1. The van der Waals surface area contributed by atoms with Crippen molar-refractivity contribution in [1.82, 2.24) is 4.90 Å². The largest absolute Gasteiger partial charge is 0.469 e. The summed E-state index contributed by atoms with van der Waals surface area (Å²) in [6, 6.07) is 4.40. The molecule has 0 bridgehead atoms. The Morgan fingerprint density at radius 2 is 2.16 bits per heavy atom. The van der Waals surface area contributed by atoms with Crippen LogP contribution >= 0.6 is 11.6 Å². The number of likely N-dealkylation sites (tertiary alicyclic amines) is 1. The Kier molecular flexibility index (Phi) is 4.77. The number of carbonyl (C=O) groups excluding carboxylic acids is 1. The van der Waals surface area contributed by atoms with Gasteiger partial charge in [0.1, 0.15) is 5.82 Å². The van der Waals surface area contributed by atoms with Crippen molar-refractivity contribution < 1.29 is 13.9 Å². The molecule has 0 aromatic heterocycles. The number of esters is 1. The molecule has 5 heteroatoms. The van der Waals surface area contributed by atoms with Gasteiger partial charge in [0, 0.05) is 11.6 Å². The number of carbonyl (C=O) groups is 1. The highest BCUT2D eigenvalue weighted by Crippen LogP contribution is 2.23. The highest BCUT2D eigenvalue weighted by Gasteiger charge is 2.25. The first-order valence-corrected chi connectivity index (χ1v) is 6.72. The number of nitrogens with zero attached hydrogens (tertiary/aromatic N) is 1. The van der Waals surface area contributed by atoms with Gasteiger partial charge in [-0.1, -0.05) is 11.6 Å². The van der Waals surface area contributed by atoms with E-state index in [2.05, 4.69) is 4.90 Å².